The number of ether oxygens (including phenoxy) is 1. The number of aliphatic hydroxyl groups is 1. The van der Waals surface area contributed by atoms with E-state index in [1.54, 1.807) is 7.11 Å². The van der Waals surface area contributed by atoms with E-state index in [2.05, 4.69) is 36.1 Å². The minimum absolute atomic E-state index is 0.435. The monoisotopic (exact) mass is 299 g/mol. The smallest absolute Gasteiger partial charge is 0.118 e. The van der Waals surface area contributed by atoms with Crippen molar-refractivity contribution < 1.29 is 9.84 Å². The van der Waals surface area contributed by atoms with E-state index in [0.717, 1.165) is 37.4 Å². The third kappa shape index (κ3) is 4.86. The molecule has 0 aliphatic rings. The molecular weight excluding hydrogens is 274 g/mol. The molecule has 0 spiro atoms. The highest BCUT2D eigenvalue weighted by Gasteiger charge is 2.10. The fourth-order valence-corrected chi connectivity index (χ4v) is 2.49. The molecule has 22 heavy (non-hydrogen) atoms. The van der Waals surface area contributed by atoms with Crippen molar-refractivity contribution in [2.24, 2.45) is 0 Å². The van der Waals surface area contributed by atoms with Gasteiger partial charge in [0.1, 0.15) is 5.75 Å². The number of methoxy groups -OCH3 is 1. The molecule has 1 unspecified atom stereocenters. The summed E-state index contributed by atoms with van der Waals surface area (Å²) in [5.41, 5.74) is 2.25. The molecule has 0 amide bonds. The van der Waals surface area contributed by atoms with E-state index in [1.807, 2.05) is 30.3 Å². The van der Waals surface area contributed by atoms with Crippen molar-refractivity contribution >= 4 is 0 Å². The number of benzene rings is 2. The Kier molecular flexibility index (Phi) is 6.44. The molecular formula is C19H25NO2. The van der Waals surface area contributed by atoms with E-state index in [4.69, 9.17) is 4.74 Å². The Morgan fingerprint density at radius 3 is 2.32 bits per heavy atom. The van der Waals surface area contributed by atoms with Crippen LogP contribution in [0.15, 0.2) is 54.6 Å². The van der Waals surface area contributed by atoms with Crippen molar-refractivity contribution in [2.45, 2.75) is 26.0 Å². The average Bonchev–Trinajstić information content (AvgIpc) is 2.59. The van der Waals surface area contributed by atoms with Crippen LogP contribution in [0.25, 0.3) is 0 Å². The lowest BCUT2D eigenvalue weighted by molar-refractivity contribution is 0.141. The van der Waals surface area contributed by atoms with Crippen LogP contribution in [-0.2, 0) is 6.54 Å². The molecule has 0 saturated heterocycles. The number of hydrogen-bond acceptors (Lipinski definition) is 3. The summed E-state index contributed by atoms with van der Waals surface area (Å²) < 4.78 is 5.14. The quantitative estimate of drug-likeness (QED) is 0.808. The molecule has 1 atom stereocenters. The van der Waals surface area contributed by atoms with E-state index in [1.165, 1.54) is 5.56 Å². The van der Waals surface area contributed by atoms with Crippen LogP contribution >= 0.6 is 0 Å². The van der Waals surface area contributed by atoms with E-state index in [0.29, 0.717) is 0 Å². The van der Waals surface area contributed by atoms with Gasteiger partial charge in [0, 0.05) is 13.1 Å². The van der Waals surface area contributed by atoms with E-state index >= 15 is 0 Å². The molecule has 0 aromatic heterocycles. The Hall–Kier alpha value is -1.84. The van der Waals surface area contributed by atoms with Crippen LogP contribution in [0.4, 0.5) is 0 Å². The Balaban J connectivity index is 1.86. The minimum atomic E-state index is -0.435. The van der Waals surface area contributed by atoms with Crippen molar-refractivity contribution in [3.05, 3.63) is 65.7 Å². The fraction of sp³-hybridized carbons (Fsp3) is 0.368. The van der Waals surface area contributed by atoms with Gasteiger partial charge in [-0.05, 0) is 36.2 Å². The lowest BCUT2D eigenvalue weighted by Crippen LogP contribution is -2.25. The van der Waals surface area contributed by atoms with Crippen molar-refractivity contribution in [1.29, 1.82) is 0 Å². The molecule has 0 heterocycles. The van der Waals surface area contributed by atoms with Crippen molar-refractivity contribution in [3.63, 3.8) is 0 Å². The highest BCUT2D eigenvalue weighted by Crippen LogP contribution is 2.20. The fourth-order valence-electron chi connectivity index (χ4n) is 2.49. The second-order valence-corrected chi connectivity index (χ2v) is 5.43. The first-order valence-electron chi connectivity index (χ1n) is 7.81. The minimum Gasteiger partial charge on any atom is -0.497 e. The predicted molar refractivity (Wildman–Crippen MR) is 90.0 cm³/mol. The van der Waals surface area contributed by atoms with E-state index < -0.39 is 6.10 Å². The van der Waals surface area contributed by atoms with Crippen LogP contribution in [0.2, 0.25) is 0 Å². The van der Waals surface area contributed by atoms with Crippen LogP contribution in [-0.4, -0.2) is 30.2 Å². The largest absolute Gasteiger partial charge is 0.497 e. The van der Waals surface area contributed by atoms with Crippen LogP contribution in [0, 0.1) is 0 Å². The first-order valence-corrected chi connectivity index (χ1v) is 7.81. The van der Waals surface area contributed by atoms with Crippen molar-refractivity contribution in [3.8, 4) is 5.75 Å². The van der Waals surface area contributed by atoms with E-state index in [-0.39, 0.29) is 0 Å². The SMILES string of the molecule is CCN(CCC(O)c1ccc(OC)cc1)Cc1ccccc1. The van der Waals surface area contributed by atoms with Crippen LogP contribution in [0.5, 0.6) is 5.75 Å². The van der Waals surface area contributed by atoms with Gasteiger partial charge in [-0.25, -0.2) is 0 Å². The first kappa shape index (κ1) is 16.5. The zero-order valence-electron chi connectivity index (χ0n) is 13.4. The third-order valence-electron chi connectivity index (χ3n) is 3.92. The lowest BCUT2D eigenvalue weighted by atomic mass is 10.1. The topological polar surface area (TPSA) is 32.7 Å². The molecule has 2 rings (SSSR count). The van der Waals surface area contributed by atoms with Gasteiger partial charge in [-0.2, -0.15) is 0 Å². The van der Waals surface area contributed by atoms with Crippen LogP contribution in [0.1, 0.15) is 30.6 Å². The van der Waals surface area contributed by atoms with E-state index in [9.17, 15) is 5.11 Å². The molecule has 2 aromatic rings. The van der Waals surface area contributed by atoms with Gasteiger partial charge in [-0.3, -0.25) is 4.90 Å². The van der Waals surface area contributed by atoms with Gasteiger partial charge in [-0.1, -0.05) is 49.4 Å². The normalized spacial score (nSPS) is 12.4. The summed E-state index contributed by atoms with van der Waals surface area (Å²) in [6.45, 7) is 4.93. The second kappa shape index (κ2) is 8.57. The second-order valence-electron chi connectivity index (χ2n) is 5.43. The van der Waals surface area contributed by atoms with Gasteiger partial charge in [0.05, 0.1) is 13.2 Å². The summed E-state index contributed by atoms with van der Waals surface area (Å²) >= 11 is 0. The maximum Gasteiger partial charge on any atom is 0.118 e. The van der Waals surface area contributed by atoms with Gasteiger partial charge < -0.3 is 9.84 Å². The Morgan fingerprint density at radius 1 is 1.05 bits per heavy atom. The molecule has 0 fully saturated rings. The zero-order valence-corrected chi connectivity index (χ0v) is 13.4. The molecule has 3 nitrogen and oxygen atoms in total. The van der Waals surface area contributed by atoms with Gasteiger partial charge in [0.25, 0.3) is 0 Å². The Bertz CT molecular complexity index is 539. The third-order valence-corrected chi connectivity index (χ3v) is 3.92. The average molecular weight is 299 g/mol. The maximum atomic E-state index is 10.3. The molecule has 0 saturated carbocycles. The molecule has 0 bridgehead atoms. The standard InChI is InChI=1S/C19H25NO2/c1-3-20(15-16-7-5-4-6-8-16)14-13-19(21)17-9-11-18(22-2)12-10-17/h4-12,19,21H,3,13-15H2,1-2H3. The summed E-state index contributed by atoms with van der Waals surface area (Å²) in [4.78, 5) is 2.35. The molecule has 0 aliphatic heterocycles. The summed E-state index contributed by atoms with van der Waals surface area (Å²) in [6, 6.07) is 18.1. The van der Waals surface area contributed by atoms with Gasteiger partial charge >= 0.3 is 0 Å². The summed E-state index contributed by atoms with van der Waals surface area (Å²) in [5.74, 6) is 0.815. The molecule has 0 aliphatic carbocycles. The van der Waals surface area contributed by atoms with Crippen LogP contribution < -0.4 is 4.74 Å². The number of rotatable bonds is 8. The van der Waals surface area contributed by atoms with Gasteiger partial charge in [-0.15, -0.1) is 0 Å². The maximum absolute atomic E-state index is 10.3. The molecule has 3 heteroatoms. The molecule has 2 aromatic carbocycles. The number of hydrogen-bond donors (Lipinski definition) is 1. The summed E-state index contributed by atoms with van der Waals surface area (Å²) in [5, 5.41) is 10.3. The van der Waals surface area contributed by atoms with Crippen molar-refractivity contribution in [2.75, 3.05) is 20.2 Å². The van der Waals surface area contributed by atoms with Crippen LogP contribution in [0.3, 0.4) is 0 Å². The first-order chi connectivity index (χ1) is 10.7. The molecule has 0 radical (unpaired) electrons. The van der Waals surface area contributed by atoms with Gasteiger partial charge in [0.15, 0.2) is 0 Å². The van der Waals surface area contributed by atoms with Gasteiger partial charge in [0.2, 0.25) is 0 Å². The highest BCUT2D eigenvalue weighted by atomic mass is 16.5. The highest BCUT2D eigenvalue weighted by molar-refractivity contribution is 5.28. The summed E-state index contributed by atoms with van der Waals surface area (Å²) in [7, 11) is 1.65. The summed E-state index contributed by atoms with van der Waals surface area (Å²) in [6.07, 6.45) is 0.295. The lowest BCUT2D eigenvalue weighted by Gasteiger charge is -2.22. The Morgan fingerprint density at radius 2 is 1.73 bits per heavy atom. The number of nitrogens with zero attached hydrogens (tertiary/aromatic N) is 1. The van der Waals surface area contributed by atoms with Crippen molar-refractivity contribution in [1.82, 2.24) is 4.90 Å². The molecule has 1 N–H and O–H groups in total. The number of aliphatic hydroxyl groups excluding tert-OH is 1. The molecule has 118 valence electrons. The Labute approximate surface area is 133 Å². The zero-order chi connectivity index (χ0) is 15.8. The predicted octanol–water partition coefficient (Wildman–Crippen LogP) is 3.64.